The third-order valence-corrected chi connectivity index (χ3v) is 14.7. The van der Waals surface area contributed by atoms with E-state index in [1.807, 2.05) is 0 Å². The van der Waals surface area contributed by atoms with Gasteiger partial charge in [0.05, 0.1) is 13.2 Å². The van der Waals surface area contributed by atoms with Crippen molar-refractivity contribution in [3.8, 4) is 0 Å². The summed E-state index contributed by atoms with van der Waals surface area (Å²) in [6.07, 6.45) is 38.9. The highest BCUT2D eigenvalue weighted by atomic mass is 31.2. The summed E-state index contributed by atoms with van der Waals surface area (Å²) in [4.78, 5) is 23.3. The molecule has 0 aromatic heterocycles. The lowest BCUT2D eigenvalue weighted by Gasteiger charge is -2.41. The molecule has 0 aromatic rings. The number of ether oxygens (including phenoxy) is 2. The molecule has 0 aliphatic heterocycles. The van der Waals surface area contributed by atoms with Gasteiger partial charge in [0.2, 0.25) is 0 Å². The van der Waals surface area contributed by atoms with Crippen LogP contribution in [0.4, 0.5) is 0 Å². The minimum Gasteiger partial charge on any atom is -0.457 e. The summed E-state index contributed by atoms with van der Waals surface area (Å²) in [5.41, 5.74) is 0. The van der Waals surface area contributed by atoms with Crippen molar-refractivity contribution in [1.29, 1.82) is 0 Å². The van der Waals surface area contributed by atoms with Gasteiger partial charge in [-0.3, -0.25) is 13.8 Å². The van der Waals surface area contributed by atoms with Crippen LogP contribution in [-0.4, -0.2) is 98.9 Å². The highest BCUT2D eigenvalue weighted by molar-refractivity contribution is 7.47. The number of hydrogen-bond donors (Lipinski definition) is 6. The predicted octanol–water partition coefficient (Wildman–Crippen LogP) is 13.3. The third kappa shape index (κ3) is 36.9. The number of aliphatic hydroxyl groups excluding tert-OH is 5. The molecule has 0 bridgehead atoms. The van der Waals surface area contributed by atoms with Crippen molar-refractivity contribution < 1.29 is 58.3 Å². The monoisotopic (exact) mass is 979 g/mol. The smallest absolute Gasteiger partial charge is 0.457 e. The van der Waals surface area contributed by atoms with Crippen LogP contribution in [0.1, 0.15) is 277 Å². The average molecular weight is 979 g/mol. The Morgan fingerprint density at radius 2 is 0.701 bits per heavy atom. The van der Waals surface area contributed by atoms with Gasteiger partial charge in [-0.25, -0.2) is 4.57 Å². The van der Waals surface area contributed by atoms with Crippen LogP contribution in [0.15, 0.2) is 0 Å². The minimum absolute atomic E-state index is 0.0670. The summed E-state index contributed by atoms with van der Waals surface area (Å²) in [5, 5.41) is 50.4. The average Bonchev–Trinajstić information content (AvgIpc) is 3.31. The molecule has 13 heteroatoms. The highest BCUT2D eigenvalue weighted by Gasteiger charge is 2.51. The van der Waals surface area contributed by atoms with Gasteiger partial charge in [0.15, 0.2) is 0 Å². The maximum atomic E-state index is 12.9. The van der Waals surface area contributed by atoms with E-state index in [0.717, 1.165) is 38.5 Å². The van der Waals surface area contributed by atoms with E-state index in [1.165, 1.54) is 212 Å². The first-order valence-corrected chi connectivity index (χ1v) is 29.9. The largest absolute Gasteiger partial charge is 0.472 e. The van der Waals surface area contributed by atoms with Gasteiger partial charge in [0.1, 0.15) is 42.7 Å². The van der Waals surface area contributed by atoms with Crippen LogP contribution in [0.3, 0.4) is 0 Å². The molecule has 6 N–H and O–H groups in total. The number of phosphoric ester groups is 1. The molecule has 1 saturated carbocycles. The Bertz CT molecular complexity index is 1120. The fourth-order valence-corrected chi connectivity index (χ4v) is 10.2. The van der Waals surface area contributed by atoms with E-state index in [9.17, 15) is 39.8 Å². The van der Waals surface area contributed by atoms with Crippen molar-refractivity contribution in [2.75, 3.05) is 19.8 Å². The molecular weight excluding hydrogens is 872 g/mol. The molecule has 1 aliphatic carbocycles. The van der Waals surface area contributed by atoms with E-state index in [2.05, 4.69) is 13.8 Å². The molecule has 0 radical (unpaired) electrons. The summed E-state index contributed by atoms with van der Waals surface area (Å²) < 4.78 is 34.4. The summed E-state index contributed by atoms with van der Waals surface area (Å²) >= 11 is 0. The number of carbonyl (C=O) groups is 1. The molecule has 1 rings (SSSR count). The first-order valence-electron chi connectivity index (χ1n) is 28.4. The molecule has 0 aromatic carbocycles. The van der Waals surface area contributed by atoms with Gasteiger partial charge in [0.25, 0.3) is 0 Å². The number of unbranched alkanes of at least 4 members (excludes halogenated alkanes) is 38. The van der Waals surface area contributed by atoms with Crippen molar-refractivity contribution >= 4 is 13.8 Å². The van der Waals surface area contributed by atoms with E-state index < -0.39 is 63.1 Å². The molecule has 1 aliphatic rings. The van der Waals surface area contributed by atoms with Gasteiger partial charge >= 0.3 is 13.8 Å². The molecule has 6 unspecified atom stereocenters. The Balaban J connectivity index is 2.27. The molecule has 67 heavy (non-hydrogen) atoms. The Morgan fingerprint density at radius 3 is 1.03 bits per heavy atom. The molecular formula is C54H107O12P. The summed E-state index contributed by atoms with van der Waals surface area (Å²) in [6, 6.07) is 0. The predicted molar refractivity (Wildman–Crippen MR) is 272 cm³/mol. The van der Waals surface area contributed by atoms with Gasteiger partial charge in [-0.15, -0.1) is 0 Å². The molecule has 0 spiro atoms. The second-order valence-electron chi connectivity index (χ2n) is 20.2. The number of rotatable bonds is 50. The van der Waals surface area contributed by atoms with Crippen LogP contribution in [0.5, 0.6) is 0 Å². The molecule has 1 fully saturated rings. The highest BCUT2D eigenvalue weighted by Crippen LogP contribution is 2.47. The van der Waals surface area contributed by atoms with E-state index in [0.29, 0.717) is 13.0 Å². The SMILES string of the molecule is CCCCCCCCCCCCCCCCCCCCCCOCC(COP(=O)(O)OC1C(O)C(O)C(O)C(O)C1O)OC(=O)CCCCCCCCCCCCCCCCCCCCCC. The standard InChI is InChI=1S/C54H107O12P/c1-3-5-7-9-11-13-15-17-19-21-23-25-27-29-31-33-35-37-39-41-43-48(55)65-47(46-64-67(61,62)66-54-52(59)50(57)49(56)51(58)53(54)60)45-63-44-42-40-38-36-34-32-30-28-26-24-22-20-18-16-14-12-10-8-6-4-2/h47,49-54,56-60H,3-46H2,1-2H3,(H,61,62). The van der Waals surface area contributed by atoms with Crippen LogP contribution in [-0.2, 0) is 27.9 Å². The quantitative estimate of drug-likeness (QED) is 0.0192. The second-order valence-corrected chi connectivity index (χ2v) is 21.6. The zero-order valence-electron chi connectivity index (χ0n) is 43.2. The maximum absolute atomic E-state index is 12.9. The summed E-state index contributed by atoms with van der Waals surface area (Å²) in [7, 11) is -5.02. The fraction of sp³-hybridized carbons (Fsp3) is 0.981. The van der Waals surface area contributed by atoms with Gasteiger partial charge in [-0.1, -0.05) is 258 Å². The molecule has 400 valence electrons. The van der Waals surface area contributed by atoms with Gasteiger partial charge in [-0.2, -0.15) is 0 Å². The van der Waals surface area contributed by atoms with Crippen molar-refractivity contribution in [3.63, 3.8) is 0 Å². The molecule has 0 amide bonds. The van der Waals surface area contributed by atoms with Crippen LogP contribution in [0, 0.1) is 0 Å². The number of esters is 1. The normalized spacial score (nSPS) is 21.1. The topological polar surface area (TPSA) is 192 Å². The second kappa shape index (κ2) is 45.2. The summed E-state index contributed by atoms with van der Waals surface area (Å²) in [6.45, 7) is 4.34. The van der Waals surface area contributed by atoms with Crippen LogP contribution in [0.2, 0.25) is 0 Å². The fourth-order valence-electron chi connectivity index (χ4n) is 9.24. The Kier molecular flexibility index (Phi) is 43.4. The zero-order chi connectivity index (χ0) is 49.1. The van der Waals surface area contributed by atoms with E-state index in [1.54, 1.807) is 0 Å². The van der Waals surface area contributed by atoms with Gasteiger partial charge < -0.3 is 39.9 Å². The van der Waals surface area contributed by atoms with E-state index in [-0.39, 0.29) is 13.0 Å². The Hall–Kier alpha value is -0.660. The molecule has 0 saturated heterocycles. The third-order valence-electron chi connectivity index (χ3n) is 13.7. The minimum atomic E-state index is -5.02. The van der Waals surface area contributed by atoms with Gasteiger partial charge in [0, 0.05) is 13.0 Å². The van der Waals surface area contributed by atoms with Crippen molar-refractivity contribution in [2.24, 2.45) is 0 Å². The van der Waals surface area contributed by atoms with Crippen LogP contribution in [0.25, 0.3) is 0 Å². The first kappa shape index (κ1) is 64.4. The molecule has 0 heterocycles. The first-order chi connectivity index (χ1) is 32.5. The number of phosphoric acid groups is 1. The number of hydrogen-bond acceptors (Lipinski definition) is 11. The molecule has 6 atom stereocenters. The van der Waals surface area contributed by atoms with Crippen LogP contribution < -0.4 is 0 Å². The van der Waals surface area contributed by atoms with Gasteiger partial charge in [-0.05, 0) is 12.8 Å². The Labute approximate surface area is 410 Å². The van der Waals surface area contributed by atoms with E-state index in [4.69, 9.17) is 18.5 Å². The lowest BCUT2D eigenvalue weighted by molar-refractivity contribution is -0.220. The zero-order valence-corrected chi connectivity index (χ0v) is 44.1. The van der Waals surface area contributed by atoms with Crippen molar-refractivity contribution in [1.82, 2.24) is 0 Å². The summed E-state index contributed by atoms with van der Waals surface area (Å²) in [5.74, 6) is -0.467. The Morgan fingerprint density at radius 1 is 0.418 bits per heavy atom. The van der Waals surface area contributed by atoms with Crippen LogP contribution >= 0.6 is 7.82 Å². The number of aliphatic hydroxyl groups is 5. The van der Waals surface area contributed by atoms with Crippen molar-refractivity contribution in [2.45, 2.75) is 320 Å². The lowest BCUT2D eigenvalue weighted by atomic mass is 9.85. The lowest BCUT2D eigenvalue weighted by Crippen LogP contribution is -2.64. The van der Waals surface area contributed by atoms with Crippen molar-refractivity contribution in [3.05, 3.63) is 0 Å². The number of carbonyl (C=O) groups excluding carboxylic acids is 1. The molecule has 12 nitrogen and oxygen atoms in total. The van der Waals surface area contributed by atoms with E-state index >= 15 is 0 Å². The maximum Gasteiger partial charge on any atom is 0.472 e.